The van der Waals surface area contributed by atoms with Crippen molar-refractivity contribution in [2.24, 2.45) is 5.10 Å². The Bertz CT molecular complexity index is 1390. The first-order valence-corrected chi connectivity index (χ1v) is 12.7. The van der Waals surface area contributed by atoms with Crippen molar-refractivity contribution in [3.05, 3.63) is 88.9 Å². The van der Waals surface area contributed by atoms with Gasteiger partial charge < -0.3 is 4.74 Å². The summed E-state index contributed by atoms with van der Waals surface area (Å²) in [5, 5.41) is 13.5. The first-order chi connectivity index (χ1) is 17.4. The molecule has 36 heavy (non-hydrogen) atoms. The number of aromatic nitrogens is 3. The van der Waals surface area contributed by atoms with Crippen LogP contribution in [-0.4, -0.2) is 38.1 Å². The van der Waals surface area contributed by atoms with Crippen LogP contribution < -0.4 is 10.2 Å². The van der Waals surface area contributed by atoms with Crippen LogP contribution in [-0.2, 0) is 9.59 Å². The second-order valence-electron chi connectivity index (χ2n) is 7.62. The molecule has 1 heterocycles. The minimum atomic E-state index is -0.384. The first kappa shape index (κ1) is 25.3. The maximum absolute atomic E-state index is 12.5. The molecular weight excluding hydrogens is 542 g/mol. The smallest absolute Gasteiger partial charge is 0.308 e. The SMILES string of the molecule is CC(=O)Oc1ccc(C(C)=NNC(=O)CSc2nnc(-c3ccc(Br)cc3)n2-c2ccccc2)cc1. The Labute approximate surface area is 220 Å². The van der Waals surface area contributed by atoms with Crippen LogP contribution in [0.2, 0.25) is 0 Å². The van der Waals surface area contributed by atoms with Crippen molar-refractivity contribution >= 4 is 45.3 Å². The van der Waals surface area contributed by atoms with Crippen molar-refractivity contribution in [3.63, 3.8) is 0 Å². The maximum Gasteiger partial charge on any atom is 0.308 e. The second-order valence-corrected chi connectivity index (χ2v) is 9.48. The number of nitrogens with zero attached hydrogens (tertiary/aromatic N) is 4. The number of ether oxygens (including phenoxy) is 1. The lowest BCUT2D eigenvalue weighted by molar-refractivity contribution is -0.131. The number of hydrazone groups is 1. The molecule has 1 N–H and O–H groups in total. The Morgan fingerprint density at radius 1 is 0.972 bits per heavy atom. The number of rotatable bonds is 8. The number of nitrogens with one attached hydrogen (secondary N) is 1. The zero-order chi connectivity index (χ0) is 25.5. The summed E-state index contributed by atoms with van der Waals surface area (Å²) >= 11 is 4.73. The van der Waals surface area contributed by atoms with Gasteiger partial charge in [-0.15, -0.1) is 10.2 Å². The molecule has 1 amide bonds. The third kappa shape index (κ3) is 6.46. The molecular formula is C26H22BrN5O3S. The van der Waals surface area contributed by atoms with Crippen LogP contribution in [0.1, 0.15) is 19.4 Å². The highest BCUT2D eigenvalue weighted by molar-refractivity contribution is 9.10. The number of carbonyl (C=O) groups is 2. The fraction of sp³-hybridized carbons (Fsp3) is 0.115. The van der Waals surface area contributed by atoms with E-state index in [2.05, 4.69) is 36.7 Å². The van der Waals surface area contributed by atoms with Crippen molar-refractivity contribution in [3.8, 4) is 22.8 Å². The average molecular weight is 564 g/mol. The van der Waals surface area contributed by atoms with Gasteiger partial charge in [0.05, 0.1) is 11.5 Å². The fourth-order valence-electron chi connectivity index (χ4n) is 3.26. The maximum atomic E-state index is 12.5. The van der Waals surface area contributed by atoms with Crippen molar-refractivity contribution < 1.29 is 14.3 Å². The number of esters is 1. The molecule has 0 spiro atoms. The number of halogens is 1. The molecule has 1 aromatic heterocycles. The van der Waals surface area contributed by atoms with Crippen LogP contribution >= 0.6 is 27.7 Å². The largest absolute Gasteiger partial charge is 0.427 e. The summed E-state index contributed by atoms with van der Waals surface area (Å²) in [7, 11) is 0. The second kappa shape index (κ2) is 11.8. The Morgan fingerprint density at radius 2 is 1.67 bits per heavy atom. The first-order valence-electron chi connectivity index (χ1n) is 10.9. The highest BCUT2D eigenvalue weighted by Crippen LogP contribution is 2.28. The van der Waals surface area contributed by atoms with Gasteiger partial charge in [0, 0.05) is 22.6 Å². The summed E-state index contributed by atoms with van der Waals surface area (Å²) in [6, 6.07) is 24.5. The number of hydrogen-bond acceptors (Lipinski definition) is 7. The van der Waals surface area contributed by atoms with E-state index in [9.17, 15) is 9.59 Å². The third-order valence-electron chi connectivity index (χ3n) is 4.96. The number of amides is 1. The topological polar surface area (TPSA) is 98.5 Å². The van der Waals surface area contributed by atoms with Crippen LogP contribution in [0.15, 0.2) is 93.6 Å². The van der Waals surface area contributed by atoms with Gasteiger partial charge in [-0.05, 0) is 61.0 Å². The molecule has 0 saturated heterocycles. The van der Waals surface area contributed by atoms with E-state index in [0.717, 1.165) is 21.3 Å². The molecule has 4 rings (SSSR count). The summed E-state index contributed by atoms with van der Waals surface area (Å²) in [6.45, 7) is 3.13. The standard InChI is InChI=1S/C26H22BrN5O3S/c1-17(19-10-14-23(15-11-19)35-18(2)33)28-29-24(34)16-36-26-31-30-25(20-8-12-21(27)13-9-20)32(26)22-6-4-3-5-7-22/h3-15H,16H2,1-2H3,(H,29,34). The van der Waals surface area contributed by atoms with Crippen LogP contribution in [0.5, 0.6) is 5.75 Å². The highest BCUT2D eigenvalue weighted by Gasteiger charge is 2.17. The van der Waals surface area contributed by atoms with Gasteiger partial charge in [0.15, 0.2) is 11.0 Å². The van der Waals surface area contributed by atoms with Gasteiger partial charge in [0.1, 0.15) is 5.75 Å². The highest BCUT2D eigenvalue weighted by atomic mass is 79.9. The van der Waals surface area contributed by atoms with E-state index in [1.54, 1.807) is 31.2 Å². The van der Waals surface area contributed by atoms with E-state index in [4.69, 9.17) is 4.74 Å². The number of benzene rings is 3. The molecule has 0 bridgehead atoms. The zero-order valence-electron chi connectivity index (χ0n) is 19.5. The lowest BCUT2D eigenvalue weighted by Crippen LogP contribution is -2.21. The zero-order valence-corrected chi connectivity index (χ0v) is 21.9. The molecule has 0 atom stereocenters. The van der Waals surface area contributed by atoms with Crippen LogP contribution in [0.25, 0.3) is 17.1 Å². The molecule has 0 aliphatic rings. The van der Waals surface area contributed by atoms with E-state index < -0.39 is 0 Å². The Kier molecular flexibility index (Phi) is 8.29. The number of para-hydroxylation sites is 1. The molecule has 3 aromatic carbocycles. The van der Waals surface area contributed by atoms with Crippen molar-refractivity contribution in [2.75, 3.05) is 5.75 Å². The van der Waals surface area contributed by atoms with E-state index in [1.807, 2.05) is 59.2 Å². The van der Waals surface area contributed by atoms with Gasteiger partial charge in [0.25, 0.3) is 5.91 Å². The monoisotopic (exact) mass is 563 g/mol. The molecule has 0 fully saturated rings. The number of hydrogen-bond donors (Lipinski definition) is 1. The van der Waals surface area contributed by atoms with E-state index >= 15 is 0 Å². The molecule has 8 nitrogen and oxygen atoms in total. The Hall–Kier alpha value is -3.76. The molecule has 0 aliphatic carbocycles. The summed E-state index contributed by atoms with van der Waals surface area (Å²) in [5.41, 5.74) is 5.80. The summed E-state index contributed by atoms with van der Waals surface area (Å²) < 4.78 is 7.93. The van der Waals surface area contributed by atoms with Crippen LogP contribution in [0.3, 0.4) is 0 Å². The van der Waals surface area contributed by atoms with E-state index in [0.29, 0.717) is 22.4 Å². The third-order valence-corrected chi connectivity index (χ3v) is 6.42. The normalized spacial score (nSPS) is 11.2. The van der Waals surface area contributed by atoms with Gasteiger partial charge >= 0.3 is 5.97 Å². The van der Waals surface area contributed by atoms with E-state index in [1.165, 1.54) is 18.7 Å². The molecule has 0 aliphatic heterocycles. The summed E-state index contributed by atoms with van der Waals surface area (Å²) in [4.78, 5) is 23.6. The quantitative estimate of drug-likeness (QED) is 0.103. The minimum Gasteiger partial charge on any atom is -0.427 e. The van der Waals surface area contributed by atoms with Gasteiger partial charge in [0.2, 0.25) is 0 Å². The number of carbonyl (C=O) groups excluding carboxylic acids is 2. The molecule has 4 aromatic rings. The molecule has 0 saturated carbocycles. The summed E-state index contributed by atoms with van der Waals surface area (Å²) in [6.07, 6.45) is 0. The molecule has 0 radical (unpaired) electrons. The molecule has 10 heteroatoms. The Balaban J connectivity index is 1.45. The van der Waals surface area contributed by atoms with Gasteiger partial charge in [-0.2, -0.15) is 5.10 Å². The van der Waals surface area contributed by atoms with Crippen molar-refractivity contribution in [1.29, 1.82) is 0 Å². The average Bonchev–Trinajstić information content (AvgIpc) is 3.31. The van der Waals surface area contributed by atoms with Gasteiger partial charge in [-0.1, -0.05) is 58.0 Å². The van der Waals surface area contributed by atoms with Crippen LogP contribution in [0.4, 0.5) is 0 Å². The van der Waals surface area contributed by atoms with Crippen molar-refractivity contribution in [2.45, 2.75) is 19.0 Å². The minimum absolute atomic E-state index is 0.105. The van der Waals surface area contributed by atoms with Gasteiger partial charge in [-0.3, -0.25) is 14.2 Å². The van der Waals surface area contributed by atoms with Crippen LogP contribution in [0, 0.1) is 0 Å². The predicted octanol–water partition coefficient (Wildman–Crippen LogP) is 5.25. The lowest BCUT2D eigenvalue weighted by atomic mass is 10.1. The number of thioether (sulfide) groups is 1. The fourth-order valence-corrected chi connectivity index (χ4v) is 4.27. The predicted molar refractivity (Wildman–Crippen MR) is 143 cm³/mol. The van der Waals surface area contributed by atoms with E-state index in [-0.39, 0.29) is 17.6 Å². The summed E-state index contributed by atoms with van der Waals surface area (Å²) in [5.74, 6) is 0.578. The van der Waals surface area contributed by atoms with Crippen molar-refractivity contribution in [1.82, 2.24) is 20.2 Å². The Morgan fingerprint density at radius 3 is 2.33 bits per heavy atom. The molecule has 182 valence electrons. The molecule has 0 unspecified atom stereocenters. The lowest BCUT2D eigenvalue weighted by Gasteiger charge is -2.10. The van der Waals surface area contributed by atoms with Gasteiger partial charge in [-0.25, -0.2) is 5.43 Å².